The maximum Gasteiger partial charge on any atom is 0.243 e. The van der Waals surface area contributed by atoms with Crippen molar-refractivity contribution in [3.05, 3.63) is 71.5 Å². The normalized spacial score (nSPS) is 15.1. The smallest absolute Gasteiger partial charge is 0.243 e. The Morgan fingerprint density at radius 3 is 2.31 bits per heavy atom. The molecular formula is C22H27ClFN3O2. The zero-order valence-corrected chi connectivity index (χ0v) is 17.0. The summed E-state index contributed by atoms with van der Waals surface area (Å²) >= 11 is 0. The van der Waals surface area contributed by atoms with Crippen molar-refractivity contribution >= 4 is 24.2 Å². The van der Waals surface area contributed by atoms with Crippen LogP contribution < -0.4 is 16.0 Å². The van der Waals surface area contributed by atoms with Gasteiger partial charge in [0, 0.05) is 18.9 Å². The first kappa shape index (κ1) is 22.8. The number of piperidine rings is 1. The van der Waals surface area contributed by atoms with E-state index in [1.165, 1.54) is 12.1 Å². The highest BCUT2D eigenvalue weighted by molar-refractivity contribution is 5.88. The van der Waals surface area contributed by atoms with Crippen molar-refractivity contribution in [3.8, 4) is 0 Å². The molecule has 3 rings (SSSR count). The summed E-state index contributed by atoms with van der Waals surface area (Å²) in [5, 5.41) is 9.04. The fraction of sp³-hybridized carbons (Fsp3) is 0.364. The van der Waals surface area contributed by atoms with Gasteiger partial charge < -0.3 is 16.0 Å². The van der Waals surface area contributed by atoms with E-state index in [9.17, 15) is 14.0 Å². The zero-order valence-electron chi connectivity index (χ0n) is 16.2. The van der Waals surface area contributed by atoms with Crippen LogP contribution in [0.5, 0.6) is 0 Å². The molecule has 29 heavy (non-hydrogen) atoms. The molecule has 0 radical (unpaired) electrons. The largest absolute Gasteiger partial charge is 0.350 e. The van der Waals surface area contributed by atoms with Crippen molar-refractivity contribution in [2.45, 2.75) is 31.8 Å². The van der Waals surface area contributed by atoms with E-state index in [1.807, 2.05) is 30.3 Å². The summed E-state index contributed by atoms with van der Waals surface area (Å²) in [6, 6.07) is 15.0. The van der Waals surface area contributed by atoms with Crippen LogP contribution in [0.15, 0.2) is 54.6 Å². The topological polar surface area (TPSA) is 70.2 Å². The molecule has 7 heteroatoms. The van der Waals surface area contributed by atoms with E-state index >= 15 is 0 Å². The second-order valence-electron chi connectivity index (χ2n) is 7.12. The summed E-state index contributed by atoms with van der Waals surface area (Å²) < 4.78 is 13.0. The summed E-state index contributed by atoms with van der Waals surface area (Å²) in [4.78, 5) is 25.4. The third-order valence-electron chi connectivity index (χ3n) is 5.01. The lowest BCUT2D eigenvalue weighted by Crippen LogP contribution is -2.50. The number of hydrogen-bond donors (Lipinski definition) is 3. The molecule has 0 bridgehead atoms. The zero-order chi connectivity index (χ0) is 19.8. The van der Waals surface area contributed by atoms with Crippen LogP contribution in [0, 0.1) is 11.7 Å². The molecule has 1 aliphatic rings. The second kappa shape index (κ2) is 11.5. The van der Waals surface area contributed by atoms with E-state index in [1.54, 1.807) is 12.1 Å². The van der Waals surface area contributed by atoms with Crippen molar-refractivity contribution in [3.63, 3.8) is 0 Å². The number of rotatable bonds is 7. The van der Waals surface area contributed by atoms with Gasteiger partial charge in [-0.1, -0.05) is 42.5 Å². The Morgan fingerprint density at radius 1 is 1.00 bits per heavy atom. The standard InChI is InChI=1S/C22H26FN3O2.ClH/c23-19-8-6-17(7-9-19)15-25-22(28)20(14-16-4-2-1-3-5-16)26-21(27)18-10-12-24-13-11-18;/h1-9,18,20,24H,10-15H2,(H,25,28)(H,26,27);1H. The van der Waals surface area contributed by atoms with E-state index in [0.717, 1.165) is 37.1 Å². The highest BCUT2D eigenvalue weighted by Crippen LogP contribution is 2.13. The summed E-state index contributed by atoms with van der Waals surface area (Å²) in [5.74, 6) is -0.689. The molecule has 1 unspecified atom stereocenters. The first-order valence-corrected chi connectivity index (χ1v) is 9.69. The number of halogens is 2. The minimum absolute atomic E-state index is 0. The van der Waals surface area contributed by atoms with E-state index in [2.05, 4.69) is 16.0 Å². The van der Waals surface area contributed by atoms with Crippen molar-refractivity contribution in [2.75, 3.05) is 13.1 Å². The molecule has 1 fully saturated rings. The summed E-state index contributed by atoms with van der Waals surface area (Å²) in [6.45, 7) is 1.92. The van der Waals surface area contributed by atoms with E-state index in [-0.39, 0.29) is 42.5 Å². The van der Waals surface area contributed by atoms with Gasteiger partial charge in [0.1, 0.15) is 11.9 Å². The van der Waals surface area contributed by atoms with Crippen molar-refractivity contribution in [1.82, 2.24) is 16.0 Å². The Hall–Kier alpha value is -2.44. The molecule has 0 aromatic heterocycles. The van der Waals surface area contributed by atoms with Gasteiger partial charge in [0.2, 0.25) is 11.8 Å². The Kier molecular flexibility index (Phi) is 9.09. The van der Waals surface area contributed by atoms with Crippen LogP contribution in [0.4, 0.5) is 4.39 Å². The van der Waals surface area contributed by atoms with Gasteiger partial charge in [0.25, 0.3) is 0 Å². The third-order valence-corrected chi connectivity index (χ3v) is 5.01. The molecule has 0 spiro atoms. The molecule has 1 aliphatic heterocycles. The SMILES string of the molecule is Cl.O=C(NC(Cc1ccccc1)C(=O)NCc1ccc(F)cc1)C1CCNCC1. The van der Waals surface area contributed by atoms with Gasteiger partial charge >= 0.3 is 0 Å². The maximum atomic E-state index is 13.0. The summed E-state index contributed by atoms with van der Waals surface area (Å²) in [7, 11) is 0. The van der Waals surface area contributed by atoms with Gasteiger partial charge in [-0.15, -0.1) is 12.4 Å². The second-order valence-corrected chi connectivity index (χ2v) is 7.12. The number of amides is 2. The maximum absolute atomic E-state index is 13.0. The Balaban J connectivity index is 0.00000300. The van der Waals surface area contributed by atoms with Crippen molar-refractivity contribution < 1.29 is 14.0 Å². The van der Waals surface area contributed by atoms with Gasteiger partial charge in [-0.25, -0.2) is 4.39 Å². The van der Waals surface area contributed by atoms with Crippen molar-refractivity contribution in [1.29, 1.82) is 0 Å². The van der Waals surface area contributed by atoms with Crippen LogP contribution in [0.1, 0.15) is 24.0 Å². The van der Waals surface area contributed by atoms with Crippen LogP contribution in [0.2, 0.25) is 0 Å². The summed E-state index contributed by atoms with van der Waals surface area (Å²) in [5.41, 5.74) is 1.79. The molecule has 0 aliphatic carbocycles. The quantitative estimate of drug-likeness (QED) is 0.646. The number of carbonyl (C=O) groups excluding carboxylic acids is 2. The summed E-state index contributed by atoms with van der Waals surface area (Å²) in [6.07, 6.45) is 1.98. The first-order chi connectivity index (χ1) is 13.6. The highest BCUT2D eigenvalue weighted by Gasteiger charge is 2.26. The molecule has 2 amide bonds. The fourth-order valence-electron chi connectivity index (χ4n) is 3.35. The van der Waals surface area contributed by atoms with Gasteiger partial charge in [-0.2, -0.15) is 0 Å². The molecule has 1 heterocycles. The molecule has 2 aromatic carbocycles. The lowest BCUT2D eigenvalue weighted by atomic mass is 9.96. The van der Waals surface area contributed by atoms with Crippen LogP contribution in [-0.2, 0) is 22.6 Å². The minimum atomic E-state index is -0.648. The molecule has 1 saturated heterocycles. The number of nitrogens with one attached hydrogen (secondary N) is 3. The fourth-order valence-corrected chi connectivity index (χ4v) is 3.35. The Morgan fingerprint density at radius 2 is 1.66 bits per heavy atom. The lowest BCUT2D eigenvalue weighted by Gasteiger charge is -2.25. The predicted octanol–water partition coefficient (Wildman–Crippen LogP) is 2.59. The van der Waals surface area contributed by atoms with Crippen molar-refractivity contribution in [2.24, 2.45) is 5.92 Å². The Bertz CT molecular complexity index is 780. The van der Waals surface area contributed by atoms with Crippen LogP contribution in [0.3, 0.4) is 0 Å². The van der Waals surface area contributed by atoms with Crippen LogP contribution >= 0.6 is 12.4 Å². The monoisotopic (exact) mass is 419 g/mol. The average molecular weight is 420 g/mol. The lowest BCUT2D eigenvalue weighted by molar-refractivity contribution is -0.131. The predicted molar refractivity (Wildman–Crippen MR) is 113 cm³/mol. The number of hydrogen-bond acceptors (Lipinski definition) is 3. The molecule has 1 atom stereocenters. The van der Waals surface area contributed by atoms with Gasteiger partial charge in [0.15, 0.2) is 0 Å². The van der Waals surface area contributed by atoms with E-state index in [0.29, 0.717) is 6.42 Å². The van der Waals surface area contributed by atoms with E-state index < -0.39 is 6.04 Å². The highest BCUT2D eigenvalue weighted by atomic mass is 35.5. The molecule has 3 N–H and O–H groups in total. The van der Waals surface area contributed by atoms with Gasteiger partial charge in [0.05, 0.1) is 0 Å². The molecule has 156 valence electrons. The first-order valence-electron chi connectivity index (χ1n) is 9.69. The van der Waals surface area contributed by atoms with Gasteiger partial charge in [-0.3, -0.25) is 9.59 Å². The molecule has 5 nitrogen and oxygen atoms in total. The van der Waals surface area contributed by atoms with E-state index in [4.69, 9.17) is 0 Å². The molecule has 2 aromatic rings. The molecule has 0 saturated carbocycles. The number of carbonyl (C=O) groups is 2. The Labute approximate surface area is 176 Å². The third kappa shape index (κ3) is 7.15. The van der Waals surface area contributed by atoms with Crippen LogP contribution in [-0.4, -0.2) is 30.9 Å². The average Bonchev–Trinajstić information content (AvgIpc) is 2.74. The molecular weight excluding hydrogens is 393 g/mol. The van der Waals surface area contributed by atoms with Gasteiger partial charge in [-0.05, 0) is 49.2 Å². The van der Waals surface area contributed by atoms with Crippen LogP contribution in [0.25, 0.3) is 0 Å². The minimum Gasteiger partial charge on any atom is -0.350 e. The number of benzene rings is 2.